The predicted molar refractivity (Wildman–Crippen MR) is 87.4 cm³/mol. The van der Waals surface area contributed by atoms with Crippen molar-refractivity contribution < 1.29 is 9.90 Å². The molecule has 0 saturated heterocycles. The quantitative estimate of drug-likeness (QED) is 0.297. The number of aliphatic imine (C=N–C) groups is 1. The Bertz CT molecular complexity index is 301. The molecule has 0 aliphatic heterocycles. The van der Waals surface area contributed by atoms with Crippen LogP contribution >= 0.6 is 12.2 Å². The van der Waals surface area contributed by atoms with Gasteiger partial charge < -0.3 is 5.11 Å². The van der Waals surface area contributed by atoms with Crippen molar-refractivity contribution in [1.82, 2.24) is 0 Å². The Morgan fingerprint density at radius 1 is 1.20 bits per heavy atom. The zero-order valence-electron chi connectivity index (χ0n) is 12.9. The average molecular weight is 299 g/mol. The summed E-state index contributed by atoms with van der Waals surface area (Å²) in [6, 6.07) is 0. The van der Waals surface area contributed by atoms with Gasteiger partial charge in [-0.05, 0) is 24.6 Å². The molecule has 0 aromatic rings. The van der Waals surface area contributed by atoms with Crippen molar-refractivity contribution in [2.24, 2.45) is 16.8 Å². The van der Waals surface area contributed by atoms with Gasteiger partial charge in [-0.1, -0.05) is 65.2 Å². The molecule has 3 nitrogen and oxygen atoms in total. The lowest BCUT2D eigenvalue weighted by Gasteiger charge is -2.15. The summed E-state index contributed by atoms with van der Waals surface area (Å²) in [6.45, 7) is 4.63. The number of hydrogen-bond acceptors (Lipinski definition) is 3. The van der Waals surface area contributed by atoms with Gasteiger partial charge >= 0.3 is 5.97 Å². The van der Waals surface area contributed by atoms with Crippen LogP contribution in [0.25, 0.3) is 0 Å². The molecule has 0 fully saturated rings. The van der Waals surface area contributed by atoms with Gasteiger partial charge in [-0.25, -0.2) is 4.99 Å². The lowest BCUT2D eigenvalue weighted by molar-refractivity contribution is -0.141. The van der Waals surface area contributed by atoms with Crippen molar-refractivity contribution in [1.29, 1.82) is 0 Å². The molecule has 0 aromatic carbocycles. The zero-order valence-corrected chi connectivity index (χ0v) is 13.8. The van der Waals surface area contributed by atoms with E-state index in [1.165, 1.54) is 44.9 Å². The van der Waals surface area contributed by atoms with Crippen molar-refractivity contribution >= 4 is 23.3 Å². The number of thiocarbonyl (C=S) groups is 1. The molecule has 0 aliphatic carbocycles. The maximum Gasteiger partial charge on any atom is 0.308 e. The first-order chi connectivity index (χ1) is 9.61. The van der Waals surface area contributed by atoms with Gasteiger partial charge in [0.25, 0.3) is 0 Å². The van der Waals surface area contributed by atoms with E-state index in [1.807, 2.05) is 0 Å². The summed E-state index contributed by atoms with van der Waals surface area (Å²) >= 11 is 4.49. The van der Waals surface area contributed by atoms with E-state index >= 15 is 0 Å². The molecular weight excluding hydrogens is 270 g/mol. The molecule has 0 amide bonds. The number of hydrogen-bond donors (Lipinski definition) is 1. The van der Waals surface area contributed by atoms with E-state index < -0.39 is 11.9 Å². The van der Waals surface area contributed by atoms with E-state index in [2.05, 4.69) is 36.2 Å². The Morgan fingerprint density at radius 3 is 2.35 bits per heavy atom. The normalized spacial score (nSPS) is 13.5. The minimum Gasteiger partial charge on any atom is -0.481 e. The third kappa shape index (κ3) is 11.1. The maximum atomic E-state index is 11.1. The topological polar surface area (TPSA) is 49.7 Å². The molecule has 0 rings (SSSR count). The van der Waals surface area contributed by atoms with Crippen LogP contribution in [0.4, 0.5) is 0 Å². The first kappa shape index (κ1) is 19.3. The predicted octanol–water partition coefficient (Wildman–Crippen LogP) is 4.96. The molecule has 4 heteroatoms. The second kappa shape index (κ2) is 13.3. The Morgan fingerprint density at radius 2 is 1.80 bits per heavy atom. The van der Waals surface area contributed by atoms with Crippen LogP contribution in [0.1, 0.15) is 71.6 Å². The highest BCUT2D eigenvalue weighted by Gasteiger charge is 2.19. The van der Waals surface area contributed by atoms with Crippen LogP contribution in [0.3, 0.4) is 0 Å². The molecule has 0 saturated carbocycles. The highest BCUT2D eigenvalue weighted by molar-refractivity contribution is 7.78. The number of rotatable bonds is 13. The minimum atomic E-state index is -0.773. The van der Waals surface area contributed by atoms with Crippen molar-refractivity contribution in [3.8, 4) is 0 Å². The summed E-state index contributed by atoms with van der Waals surface area (Å²) in [5.41, 5.74) is 0. The second-order valence-corrected chi connectivity index (χ2v) is 5.90. The first-order valence-electron chi connectivity index (χ1n) is 7.88. The molecular formula is C16H29NO2S. The third-order valence-electron chi connectivity index (χ3n) is 3.71. The fraction of sp³-hybridized carbons (Fsp3) is 0.875. The fourth-order valence-corrected chi connectivity index (χ4v) is 2.53. The Balaban J connectivity index is 3.71. The highest BCUT2D eigenvalue weighted by Crippen LogP contribution is 2.20. The first-order valence-corrected chi connectivity index (χ1v) is 8.29. The van der Waals surface area contributed by atoms with E-state index in [9.17, 15) is 4.79 Å². The van der Waals surface area contributed by atoms with Crippen LogP contribution in [0, 0.1) is 11.8 Å². The van der Waals surface area contributed by atoms with E-state index in [0.717, 1.165) is 6.42 Å². The lowest BCUT2D eigenvalue weighted by atomic mass is 9.91. The molecule has 0 spiro atoms. The number of carbonyl (C=O) groups is 1. The summed E-state index contributed by atoms with van der Waals surface area (Å²) in [5, 5.41) is 11.4. The van der Waals surface area contributed by atoms with Gasteiger partial charge in [0.15, 0.2) is 0 Å². The Labute approximate surface area is 128 Å². The molecule has 1 N–H and O–H groups in total. The van der Waals surface area contributed by atoms with Crippen molar-refractivity contribution in [3.63, 3.8) is 0 Å². The van der Waals surface area contributed by atoms with Gasteiger partial charge in [-0.2, -0.15) is 0 Å². The summed E-state index contributed by atoms with van der Waals surface area (Å²) in [6.07, 6.45) is 10.9. The van der Waals surface area contributed by atoms with Gasteiger partial charge in [0.05, 0.1) is 17.6 Å². The van der Waals surface area contributed by atoms with Crippen LogP contribution in [0.15, 0.2) is 4.99 Å². The molecule has 0 aliphatic rings. The van der Waals surface area contributed by atoms with E-state index in [1.54, 1.807) is 0 Å². The molecule has 0 aromatic heterocycles. The van der Waals surface area contributed by atoms with Gasteiger partial charge in [-0.3, -0.25) is 4.79 Å². The van der Waals surface area contributed by atoms with Crippen LogP contribution in [0.2, 0.25) is 0 Å². The van der Waals surface area contributed by atoms with Crippen LogP contribution in [0.5, 0.6) is 0 Å². The SMILES string of the molecule is CCCCCCCCCC(C)CC(CN=C=S)C(=O)O. The Kier molecular flexibility index (Phi) is 12.8. The zero-order chi connectivity index (χ0) is 15.2. The number of carboxylic acids is 1. The third-order valence-corrected chi connectivity index (χ3v) is 3.84. The second-order valence-electron chi connectivity index (χ2n) is 5.72. The smallest absolute Gasteiger partial charge is 0.308 e. The minimum absolute atomic E-state index is 0.264. The summed E-state index contributed by atoms with van der Waals surface area (Å²) in [4.78, 5) is 14.9. The van der Waals surface area contributed by atoms with Crippen molar-refractivity contribution in [3.05, 3.63) is 0 Å². The van der Waals surface area contributed by atoms with Gasteiger partial charge in [-0.15, -0.1) is 0 Å². The molecule has 20 heavy (non-hydrogen) atoms. The van der Waals surface area contributed by atoms with E-state index in [0.29, 0.717) is 12.3 Å². The average Bonchev–Trinajstić information content (AvgIpc) is 2.42. The number of carboxylic acid groups (broad SMARTS) is 1. The number of unbranched alkanes of at least 4 members (excludes halogenated alkanes) is 6. The largest absolute Gasteiger partial charge is 0.481 e. The van der Waals surface area contributed by atoms with Crippen molar-refractivity contribution in [2.75, 3.05) is 6.54 Å². The maximum absolute atomic E-state index is 11.1. The molecule has 116 valence electrons. The van der Waals surface area contributed by atoms with Crippen LogP contribution in [-0.4, -0.2) is 22.8 Å². The van der Waals surface area contributed by atoms with Gasteiger partial charge in [0.1, 0.15) is 0 Å². The van der Waals surface area contributed by atoms with E-state index in [4.69, 9.17) is 5.11 Å². The van der Waals surface area contributed by atoms with Gasteiger partial charge in [0.2, 0.25) is 0 Å². The molecule has 0 bridgehead atoms. The summed E-state index contributed by atoms with van der Waals surface area (Å²) in [7, 11) is 0. The van der Waals surface area contributed by atoms with Crippen molar-refractivity contribution in [2.45, 2.75) is 71.6 Å². The van der Waals surface area contributed by atoms with Crippen LogP contribution in [-0.2, 0) is 4.79 Å². The Hall–Kier alpha value is -0.730. The summed E-state index contributed by atoms with van der Waals surface area (Å²) in [5.74, 6) is -0.748. The summed E-state index contributed by atoms with van der Waals surface area (Å²) < 4.78 is 0. The lowest BCUT2D eigenvalue weighted by Crippen LogP contribution is -2.19. The van der Waals surface area contributed by atoms with E-state index in [-0.39, 0.29) is 6.54 Å². The molecule has 2 atom stereocenters. The molecule has 0 radical (unpaired) electrons. The highest BCUT2D eigenvalue weighted by atomic mass is 32.1. The standard InChI is InChI=1S/C16H29NO2S/c1-3-4-5-6-7-8-9-10-14(2)11-15(16(18)19)12-17-13-20/h14-15H,3-12H2,1-2H3,(H,18,19). The fourth-order valence-electron chi connectivity index (χ4n) is 2.45. The molecule has 0 heterocycles. The number of nitrogens with zero attached hydrogens (tertiary/aromatic N) is 1. The van der Waals surface area contributed by atoms with Gasteiger partial charge in [0, 0.05) is 0 Å². The molecule has 2 unspecified atom stereocenters. The number of isothiocyanates is 1. The number of aliphatic carboxylic acids is 1. The van der Waals surface area contributed by atoms with Crippen LogP contribution < -0.4 is 0 Å². The monoisotopic (exact) mass is 299 g/mol.